The number of ether oxygens (including phenoxy) is 1. The molecule has 25 heavy (non-hydrogen) atoms. The first-order valence-electron chi connectivity index (χ1n) is 8.12. The molecule has 0 unspecified atom stereocenters. The van der Waals surface area contributed by atoms with Crippen LogP contribution in [0.5, 0.6) is 5.75 Å². The van der Waals surface area contributed by atoms with E-state index in [9.17, 15) is 25.2 Å². The Kier molecular flexibility index (Phi) is 8.63. The monoisotopic (exact) mass is 412 g/mol. The molecular formula is C16H27F6OPS. The van der Waals surface area contributed by atoms with Crippen LogP contribution in [-0.4, -0.2) is 6.61 Å². The molecule has 0 radical (unpaired) electrons. The molecule has 0 N–H and O–H groups in total. The Bertz CT molecular complexity index is 533. The Hall–Kier alpha value is -0.620. The van der Waals surface area contributed by atoms with Gasteiger partial charge in [-0.2, -0.15) is 0 Å². The normalized spacial score (nSPS) is 14.2. The van der Waals surface area contributed by atoms with Crippen molar-refractivity contribution in [3.05, 3.63) is 23.3 Å². The zero-order valence-electron chi connectivity index (χ0n) is 14.7. The van der Waals surface area contributed by atoms with Gasteiger partial charge in [0, 0.05) is 5.56 Å². The predicted molar refractivity (Wildman–Crippen MR) is 96.8 cm³/mol. The topological polar surface area (TPSA) is 9.23 Å². The third-order valence-electron chi connectivity index (χ3n) is 3.49. The van der Waals surface area contributed by atoms with Crippen LogP contribution in [0.4, 0.5) is 25.2 Å². The van der Waals surface area contributed by atoms with Crippen LogP contribution in [0.25, 0.3) is 0 Å². The van der Waals surface area contributed by atoms with E-state index in [0.29, 0.717) is 0 Å². The van der Waals surface area contributed by atoms with Gasteiger partial charge in [-0.3, -0.25) is 0 Å². The molecule has 1 aromatic carbocycles. The fourth-order valence-corrected chi connectivity index (χ4v) is 2.29. The van der Waals surface area contributed by atoms with Crippen molar-refractivity contribution in [1.82, 2.24) is 0 Å². The van der Waals surface area contributed by atoms with E-state index in [0.717, 1.165) is 23.7 Å². The molecule has 0 aromatic heterocycles. The van der Waals surface area contributed by atoms with Crippen molar-refractivity contribution in [3.63, 3.8) is 0 Å². The van der Waals surface area contributed by atoms with Crippen LogP contribution in [-0.2, 0) is 12.6 Å². The predicted octanol–water partition coefficient (Wildman–Crippen LogP) is 7.80. The van der Waals surface area contributed by atoms with Gasteiger partial charge in [-0.15, -0.1) is 0 Å². The number of unbranched alkanes of at least 4 members (excludes halogenated alkanes) is 5. The Labute approximate surface area is 150 Å². The zero-order chi connectivity index (χ0) is 19.8. The third kappa shape index (κ3) is 16.6. The SMILES string of the molecule is CCCCCCCCOc1ccc([SH2+])c(C)c1C.F[P-](F)(F)(F)(F)F. The van der Waals surface area contributed by atoms with E-state index in [1.54, 1.807) is 0 Å². The second-order valence-electron chi connectivity index (χ2n) is 5.94. The van der Waals surface area contributed by atoms with Crippen molar-refractivity contribution in [2.45, 2.75) is 64.2 Å². The van der Waals surface area contributed by atoms with Gasteiger partial charge in [-0.25, -0.2) is 0 Å². The van der Waals surface area contributed by atoms with Crippen molar-refractivity contribution >= 4 is 20.4 Å². The maximum atomic E-state index is 9.87. The van der Waals surface area contributed by atoms with Crippen LogP contribution < -0.4 is 4.74 Å². The van der Waals surface area contributed by atoms with E-state index >= 15 is 0 Å². The summed E-state index contributed by atoms with van der Waals surface area (Å²) in [5, 5.41) is 0. The zero-order valence-corrected chi connectivity index (χ0v) is 16.6. The van der Waals surface area contributed by atoms with Gasteiger partial charge in [-0.1, -0.05) is 39.0 Å². The average Bonchev–Trinajstić information content (AvgIpc) is 2.43. The third-order valence-corrected chi connectivity index (χ3v) is 4.03. The summed E-state index contributed by atoms with van der Waals surface area (Å²) < 4.78 is 65.1. The summed E-state index contributed by atoms with van der Waals surface area (Å²) in [6.45, 7) is 7.33. The molecule has 0 spiro atoms. The number of halogens is 6. The summed E-state index contributed by atoms with van der Waals surface area (Å²) in [5.74, 6) is 1.03. The van der Waals surface area contributed by atoms with Gasteiger partial charge >= 0.3 is 33.0 Å². The van der Waals surface area contributed by atoms with E-state index in [1.807, 2.05) is 0 Å². The fraction of sp³-hybridized carbons (Fsp3) is 0.625. The molecule has 0 aliphatic rings. The van der Waals surface area contributed by atoms with Gasteiger partial charge in [0.25, 0.3) is 0 Å². The summed E-state index contributed by atoms with van der Waals surface area (Å²) in [7, 11) is -10.7. The van der Waals surface area contributed by atoms with Gasteiger partial charge < -0.3 is 4.74 Å². The summed E-state index contributed by atoms with van der Waals surface area (Å²) in [6.07, 6.45) is 7.84. The average molecular weight is 412 g/mol. The Balaban J connectivity index is 0.000000697. The first kappa shape index (κ1) is 24.4. The molecule has 0 saturated carbocycles. The summed E-state index contributed by atoms with van der Waals surface area (Å²) in [5.41, 5.74) is 2.51. The van der Waals surface area contributed by atoms with E-state index < -0.39 is 7.81 Å². The molecule has 9 heteroatoms. The van der Waals surface area contributed by atoms with Gasteiger partial charge in [0.1, 0.15) is 5.75 Å². The van der Waals surface area contributed by atoms with Crippen molar-refractivity contribution in [2.24, 2.45) is 0 Å². The maximum absolute atomic E-state index is 10.7. The molecule has 0 saturated heterocycles. The van der Waals surface area contributed by atoms with E-state index in [2.05, 4.69) is 45.5 Å². The molecule has 0 amide bonds. The molecule has 0 bridgehead atoms. The molecule has 1 nitrogen and oxygen atoms in total. The number of hydrogen-bond acceptors (Lipinski definition) is 1. The standard InChI is InChI=1S/C16H26OS.F6P/c1-4-5-6-7-8-9-12-17-15-10-11-16(18)14(3)13(15)2;1-7(2,3,4,5)6/h10-11,18H,4-9,12H2,1-3H3;/q;-1/p+1. The van der Waals surface area contributed by atoms with Crippen LogP contribution >= 0.6 is 7.81 Å². The molecule has 0 aliphatic carbocycles. The summed E-state index contributed by atoms with van der Waals surface area (Å²) in [6, 6.07) is 4.12. The number of benzene rings is 1. The van der Waals surface area contributed by atoms with Gasteiger partial charge in [-0.05, 0) is 50.6 Å². The Morgan fingerprint density at radius 2 is 1.32 bits per heavy atom. The molecule has 150 valence electrons. The second kappa shape index (κ2) is 8.85. The van der Waals surface area contributed by atoms with E-state index in [1.165, 1.54) is 43.2 Å². The van der Waals surface area contributed by atoms with Crippen molar-refractivity contribution in [3.8, 4) is 5.75 Å². The minimum absolute atomic E-state index is 0.841. The molecule has 0 aliphatic heterocycles. The van der Waals surface area contributed by atoms with Crippen LogP contribution in [0.2, 0.25) is 0 Å². The molecular weight excluding hydrogens is 385 g/mol. The molecule has 1 aromatic rings. The Morgan fingerprint density at radius 1 is 0.840 bits per heavy atom. The van der Waals surface area contributed by atoms with Crippen molar-refractivity contribution < 1.29 is 29.9 Å². The molecule has 0 heterocycles. The fourth-order valence-electron chi connectivity index (χ4n) is 2.02. The van der Waals surface area contributed by atoms with E-state index in [-0.39, 0.29) is 0 Å². The molecule has 0 fully saturated rings. The number of rotatable bonds is 8. The van der Waals surface area contributed by atoms with Crippen LogP contribution in [0.15, 0.2) is 17.0 Å². The van der Waals surface area contributed by atoms with Crippen LogP contribution in [0, 0.1) is 13.8 Å². The van der Waals surface area contributed by atoms with Crippen molar-refractivity contribution in [1.29, 1.82) is 0 Å². The second-order valence-corrected chi connectivity index (χ2v) is 8.39. The quantitative estimate of drug-likeness (QED) is 0.183. The van der Waals surface area contributed by atoms with Gasteiger partial charge in [0.15, 0.2) is 4.90 Å². The van der Waals surface area contributed by atoms with Crippen LogP contribution in [0.3, 0.4) is 0 Å². The van der Waals surface area contributed by atoms with Crippen molar-refractivity contribution in [2.75, 3.05) is 6.61 Å². The first-order valence-corrected chi connectivity index (χ1v) is 10.7. The Morgan fingerprint density at radius 3 is 1.84 bits per heavy atom. The first-order chi connectivity index (χ1) is 11.1. The minimum atomic E-state index is -10.7. The summed E-state index contributed by atoms with van der Waals surface area (Å²) in [4.78, 5) is 1.15. The molecule has 1 rings (SSSR count). The van der Waals surface area contributed by atoms with Gasteiger partial charge in [0.05, 0.1) is 6.61 Å². The van der Waals surface area contributed by atoms with Gasteiger partial charge in [0.2, 0.25) is 0 Å². The van der Waals surface area contributed by atoms with Crippen LogP contribution in [0.1, 0.15) is 56.6 Å². The summed E-state index contributed by atoms with van der Waals surface area (Å²) >= 11 is 3.59. The number of hydrogen-bond donors (Lipinski definition) is 0. The van der Waals surface area contributed by atoms with E-state index in [4.69, 9.17) is 4.74 Å². The molecule has 0 atom stereocenters.